The molecule has 9 heteroatoms. The van der Waals surface area contributed by atoms with E-state index in [1.165, 1.54) is 18.7 Å². The largest absolute Gasteiger partial charge is 0.495 e. The van der Waals surface area contributed by atoms with E-state index in [0.717, 1.165) is 11.3 Å². The number of amides is 2. The Morgan fingerprint density at radius 3 is 2.22 bits per heavy atom. The van der Waals surface area contributed by atoms with Crippen LogP contribution in [0.15, 0.2) is 60.7 Å². The summed E-state index contributed by atoms with van der Waals surface area (Å²) in [6.45, 7) is 3.55. The predicted molar refractivity (Wildman–Crippen MR) is 138 cm³/mol. The highest BCUT2D eigenvalue weighted by Crippen LogP contribution is 2.28. The molecule has 0 heterocycles. The van der Waals surface area contributed by atoms with Crippen molar-refractivity contribution in [3.05, 3.63) is 76.8 Å². The van der Waals surface area contributed by atoms with Gasteiger partial charge >= 0.3 is 5.97 Å². The fourth-order valence-corrected chi connectivity index (χ4v) is 3.31. The van der Waals surface area contributed by atoms with Crippen LogP contribution in [0.2, 0.25) is 5.02 Å². The van der Waals surface area contributed by atoms with Gasteiger partial charge in [-0.1, -0.05) is 17.7 Å². The van der Waals surface area contributed by atoms with Gasteiger partial charge in [0.2, 0.25) is 5.91 Å². The minimum atomic E-state index is -0.671. The van der Waals surface area contributed by atoms with Crippen LogP contribution in [0.3, 0.4) is 0 Å². The molecule has 0 atom stereocenters. The summed E-state index contributed by atoms with van der Waals surface area (Å²) >= 11 is 5.93. The van der Waals surface area contributed by atoms with E-state index in [1.807, 2.05) is 32.0 Å². The molecule has 3 aromatic carbocycles. The molecule has 0 aliphatic rings. The number of hydrogen-bond acceptors (Lipinski definition) is 6. The minimum Gasteiger partial charge on any atom is -0.495 e. The average molecular weight is 511 g/mol. The number of anilines is 2. The van der Waals surface area contributed by atoms with Crippen molar-refractivity contribution in [2.45, 2.75) is 26.7 Å². The van der Waals surface area contributed by atoms with Crippen LogP contribution in [-0.2, 0) is 19.1 Å². The number of ether oxygens (including phenoxy) is 3. The van der Waals surface area contributed by atoms with Gasteiger partial charge in [0.25, 0.3) is 5.91 Å². The normalized spacial score (nSPS) is 10.3. The van der Waals surface area contributed by atoms with Gasteiger partial charge in [0, 0.05) is 17.1 Å². The van der Waals surface area contributed by atoms with Gasteiger partial charge in [-0.15, -0.1) is 0 Å². The smallest absolute Gasteiger partial charge is 0.306 e. The predicted octanol–water partition coefficient (Wildman–Crippen LogP) is 5.66. The number of halogens is 1. The summed E-state index contributed by atoms with van der Waals surface area (Å²) in [6, 6.07) is 17.5. The zero-order chi connectivity index (χ0) is 26.1. The van der Waals surface area contributed by atoms with Crippen LogP contribution in [0.1, 0.15) is 24.0 Å². The van der Waals surface area contributed by atoms with Crippen molar-refractivity contribution >= 4 is 40.8 Å². The molecular weight excluding hydrogens is 484 g/mol. The lowest BCUT2D eigenvalue weighted by atomic mass is 10.1. The lowest BCUT2D eigenvalue weighted by molar-refractivity contribution is -0.147. The van der Waals surface area contributed by atoms with E-state index >= 15 is 0 Å². The summed E-state index contributed by atoms with van der Waals surface area (Å²) in [5.74, 6) is 0.192. The van der Waals surface area contributed by atoms with Crippen LogP contribution in [0.25, 0.3) is 0 Å². The van der Waals surface area contributed by atoms with Crippen molar-refractivity contribution in [3.8, 4) is 17.2 Å². The number of hydrogen-bond donors (Lipinski definition) is 2. The third-order valence-electron chi connectivity index (χ3n) is 5.21. The quantitative estimate of drug-likeness (QED) is 0.341. The molecule has 0 saturated carbocycles. The zero-order valence-corrected chi connectivity index (χ0v) is 21.0. The molecule has 36 heavy (non-hydrogen) atoms. The first-order valence-corrected chi connectivity index (χ1v) is 11.6. The van der Waals surface area contributed by atoms with Gasteiger partial charge in [0.05, 0.1) is 19.2 Å². The minimum absolute atomic E-state index is 0.0938. The van der Waals surface area contributed by atoms with Crippen LogP contribution in [-0.4, -0.2) is 31.5 Å². The number of carbonyl (C=O) groups excluding carboxylic acids is 3. The molecular formula is C27H27ClN2O6. The Balaban J connectivity index is 1.39. The summed E-state index contributed by atoms with van der Waals surface area (Å²) in [5.41, 5.74) is 3.24. The van der Waals surface area contributed by atoms with Crippen LogP contribution in [0, 0.1) is 13.8 Å². The van der Waals surface area contributed by atoms with Crippen LogP contribution in [0.5, 0.6) is 17.2 Å². The third kappa shape index (κ3) is 8.02. The number of aryl methyl sites for hydroxylation is 2. The maximum Gasteiger partial charge on any atom is 0.306 e. The second-order valence-electron chi connectivity index (χ2n) is 7.97. The van der Waals surface area contributed by atoms with Crippen molar-refractivity contribution in [2.24, 2.45) is 0 Å². The molecule has 0 fully saturated rings. The van der Waals surface area contributed by atoms with Gasteiger partial charge in [-0.25, -0.2) is 0 Å². The fraction of sp³-hybridized carbons (Fsp3) is 0.222. The molecule has 0 bridgehead atoms. The topological polar surface area (TPSA) is 103 Å². The van der Waals surface area contributed by atoms with E-state index in [-0.39, 0.29) is 18.7 Å². The first-order chi connectivity index (χ1) is 17.2. The SMILES string of the molecule is COc1ccc(Cl)cc1NC(=O)COC(=O)CCC(=O)Nc1ccc(Oc2ccc(C)c(C)c2)cc1. The number of carbonyl (C=O) groups is 3. The molecule has 3 rings (SSSR count). The van der Waals surface area contributed by atoms with E-state index in [0.29, 0.717) is 27.9 Å². The maximum absolute atomic E-state index is 12.2. The molecule has 3 aromatic rings. The molecule has 188 valence electrons. The molecule has 0 spiro atoms. The van der Waals surface area contributed by atoms with Crippen LogP contribution in [0.4, 0.5) is 11.4 Å². The molecule has 0 radical (unpaired) electrons. The van der Waals surface area contributed by atoms with Crippen LogP contribution < -0.4 is 20.1 Å². The number of rotatable bonds is 10. The number of esters is 1. The first-order valence-electron chi connectivity index (χ1n) is 11.2. The van der Waals surface area contributed by atoms with E-state index < -0.39 is 18.5 Å². The monoisotopic (exact) mass is 510 g/mol. The van der Waals surface area contributed by atoms with Crippen LogP contribution >= 0.6 is 11.6 Å². The Morgan fingerprint density at radius 2 is 1.53 bits per heavy atom. The van der Waals surface area contributed by atoms with Gasteiger partial charge in [-0.2, -0.15) is 0 Å². The first kappa shape index (κ1) is 26.6. The second kappa shape index (κ2) is 12.6. The Hall–Kier alpha value is -4.04. The van der Waals surface area contributed by atoms with E-state index in [1.54, 1.807) is 36.4 Å². The standard InChI is InChI=1S/C27H27ClN2O6/c1-17-4-8-22(14-18(17)2)36-21-9-6-20(7-10-21)29-25(31)12-13-27(33)35-16-26(32)30-23-15-19(28)5-11-24(23)34-3/h4-11,14-15H,12-13,16H2,1-3H3,(H,29,31)(H,30,32). The number of nitrogens with one attached hydrogen (secondary N) is 2. The summed E-state index contributed by atoms with van der Waals surface area (Å²) in [4.78, 5) is 36.2. The lowest BCUT2D eigenvalue weighted by Gasteiger charge is -2.11. The van der Waals surface area contributed by atoms with E-state index in [9.17, 15) is 14.4 Å². The maximum atomic E-state index is 12.2. The van der Waals surface area contributed by atoms with E-state index in [4.69, 9.17) is 25.8 Å². The fourth-order valence-electron chi connectivity index (χ4n) is 3.14. The number of benzene rings is 3. The van der Waals surface area contributed by atoms with Crippen molar-refractivity contribution in [3.63, 3.8) is 0 Å². The van der Waals surface area contributed by atoms with Crippen molar-refractivity contribution in [1.82, 2.24) is 0 Å². The molecule has 2 N–H and O–H groups in total. The van der Waals surface area contributed by atoms with Gasteiger partial charge < -0.3 is 24.8 Å². The zero-order valence-electron chi connectivity index (χ0n) is 20.2. The highest BCUT2D eigenvalue weighted by molar-refractivity contribution is 6.31. The highest BCUT2D eigenvalue weighted by Gasteiger charge is 2.13. The summed E-state index contributed by atoms with van der Waals surface area (Å²) in [6.07, 6.45) is -0.267. The molecule has 0 aliphatic heterocycles. The van der Waals surface area contributed by atoms with Gasteiger partial charge in [0.15, 0.2) is 6.61 Å². The molecule has 0 aromatic heterocycles. The lowest BCUT2D eigenvalue weighted by Crippen LogP contribution is -2.22. The Kier molecular flexibility index (Phi) is 9.30. The van der Waals surface area contributed by atoms with Gasteiger partial charge in [-0.05, 0) is 79.6 Å². The second-order valence-corrected chi connectivity index (χ2v) is 8.41. The molecule has 0 saturated heterocycles. The highest BCUT2D eigenvalue weighted by atomic mass is 35.5. The average Bonchev–Trinajstić information content (AvgIpc) is 2.85. The van der Waals surface area contributed by atoms with Crippen molar-refractivity contribution in [2.75, 3.05) is 24.4 Å². The molecule has 0 aliphatic carbocycles. The molecule has 2 amide bonds. The molecule has 0 unspecified atom stereocenters. The summed E-state index contributed by atoms with van der Waals surface area (Å²) in [5, 5.41) is 5.69. The summed E-state index contributed by atoms with van der Waals surface area (Å²) in [7, 11) is 1.46. The van der Waals surface area contributed by atoms with E-state index in [2.05, 4.69) is 10.6 Å². The molecule has 8 nitrogen and oxygen atoms in total. The summed E-state index contributed by atoms with van der Waals surface area (Å²) < 4.78 is 15.9. The van der Waals surface area contributed by atoms with Crippen molar-refractivity contribution < 1.29 is 28.6 Å². The third-order valence-corrected chi connectivity index (χ3v) is 5.44. The Bertz CT molecular complexity index is 1240. The van der Waals surface area contributed by atoms with Gasteiger partial charge in [-0.3, -0.25) is 14.4 Å². The number of methoxy groups -OCH3 is 1. The Morgan fingerprint density at radius 1 is 0.806 bits per heavy atom. The Labute approximate surface area is 214 Å². The van der Waals surface area contributed by atoms with Crippen molar-refractivity contribution in [1.29, 1.82) is 0 Å². The van der Waals surface area contributed by atoms with Gasteiger partial charge in [0.1, 0.15) is 17.2 Å².